The Balaban J connectivity index is 2.65. The van der Waals surface area contributed by atoms with E-state index in [9.17, 15) is 4.39 Å². The quantitative estimate of drug-likeness (QED) is 0.270. The first-order chi connectivity index (χ1) is 6.38. The molecule has 1 rings (SSSR count). The number of hydrogen-bond donors (Lipinski definition) is 5. The lowest BCUT2D eigenvalue weighted by molar-refractivity contribution is -0.317. The fraction of sp³-hybridized carbons (Fsp3) is 0.143. The molecule has 0 fully saturated rings. The zero-order chi connectivity index (χ0) is 10.8. The highest BCUT2D eigenvalue weighted by Gasteiger charge is 2.17. The van der Waals surface area contributed by atoms with E-state index in [1.165, 1.54) is 12.1 Å². The monoisotopic (exact) mass is 220 g/mol. The molecular formula is C7H9FN2O3S. The molecule has 1 aromatic rings. The first-order valence-corrected chi connectivity index (χ1v) is 4.36. The second-order valence-corrected chi connectivity index (χ2v) is 3.40. The summed E-state index contributed by atoms with van der Waals surface area (Å²) in [6, 6.07) is 3.88. The van der Waals surface area contributed by atoms with Gasteiger partial charge in [-0.3, -0.25) is 0 Å². The molecule has 1 aromatic carbocycles. The molecule has 0 saturated heterocycles. The van der Waals surface area contributed by atoms with Crippen molar-refractivity contribution in [1.29, 1.82) is 0 Å². The molecule has 78 valence electrons. The second kappa shape index (κ2) is 4.11. The van der Waals surface area contributed by atoms with E-state index in [4.69, 9.17) is 21.1 Å². The van der Waals surface area contributed by atoms with Gasteiger partial charge in [-0.05, 0) is 30.1 Å². The lowest BCUT2D eigenvalue weighted by Gasteiger charge is -2.14. The third-order valence-corrected chi connectivity index (χ3v) is 2.14. The molecule has 0 saturated carbocycles. The Bertz CT molecular complexity index is 329. The molecule has 0 aliphatic carbocycles. The van der Waals surface area contributed by atoms with Crippen LogP contribution >= 0.6 is 11.9 Å². The molecule has 7 heteroatoms. The molecule has 0 aliphatic heterocycles. The van der Waals surface area contributed by atoms with Gasteiger partial charge in [-0.25, -0.2) is 4.39 Å². The van der Waals surface area contributed by atoms with E-state index >= 15 is 0 Å². The number of hydrogen-bond acceptors (Lipinski definition) is 6. The minimum atomic E-state index is -3.00. The maximum absolute atomic E-state index is 12.8. The van der Waals surface area contributed by atoms with Crippen LogP contribution in [0.25, 0.3) is 0 Å². The van der Waals surface area contributed by atoms with Crippen molar-refractivity contribution in [1.82, 2.24) is 4.72 Å². The van der Waals surface area contributed by atoms with Gasteiger partial charge in [0.05, 0.1) is 5.69 Å². The fourth-order valence-corrected chi connectivity index (χ4v) is 1.25. The summed E-state index contributed by atoms with van der Waals surface area (Å²) in [4.78, 5) is 0.346. The van der Waals surface area contributed by atoms with E-state index in [-0.39, 0.29) is 5.69 Å². The Morgan fingerprint density at radius 1 is 1.36 bits per heavy atom. The highest BCUT2D eigenvalue weighted by atomic mass is 32.2. The van der Waals surface area contributed by atoms with Gasteiger partial charge in [0.25, 0.3) is 0 Å². The molecule has 6 N–H and O–H groups in total. The van der Waals surface area contributed by atoms with E-state index in [0.29, 0.717) is 16.8 Å². The SMILES string of the molecule is Nc1ccc(SNC(O)(O)O)cc1F. The molecule has 0 spiro atoms. The standard InChI is InChI=1S/C7H9FN2O3S/c8-5-3-4(1-2-6(5)9)14-10-7(11,12)13/h1-3,10-13H,9H2. The van der Waals surface area contributed by atoms with Crippen LogP contribution in [0, 0.1) is 5.82 Å². The third kappa shape index (κ3) is 3.48. The van der Waals surface area contributed by atoms with E-state index in [0.717, 1.165) is 6.07 Å². The minimum Gasteiger partial charge on any atom is -0.396 e. The molecule has 0 aliphatic rings. The smallest absolute Gasteiger partial charge is 0.352 e. The van der Waals surface area contributed by atoms with Crippen LogP contribution in [0.5, 0.6) is 0 Å². The van der Waals surface area contributed by atoms with Gasteiger partial charge in [0.2, 0.25) is 0 Å². The van der Waals surface area contributed by atoms with Gasteiger partial charge in [0.15, 0.2) is 0 Å². The summed E-state index contributed by atoms with van der Waals surface area (Å²) in [5.74, 6) is -0.615. The van der Waals surface area contributed by atoms with Crippen LogP contribution in [0.3, 0.4) is 0 Å². The van der Waals surface area contributed by atoms with Crippen molar-refractivity contribution in [3.8, 4) is 0 Å². The summed E-state index contributed by atoms with van der Waals surface area (Å²) in [5, 5.41) is 25.4. The Hall–Kier alpha value is -0.860. The highest BCUT2D eigenvalue weighted by Crippen LogP contribution is 2.20. The van der Waals surface area contributed by atoms with Crippen molar-refractivity contribution in [2.45, 2.75) is 11.0 Å². The average molecular weight is 220 g/mol. The second-order valence-electron chi connectivity index (χ2n) is 2.52. The Morgan fingerprint density at radius 3 is 2.50 bits per heavy atom. The van der Waals surface area contributed by atoms with Crippen molar-refractivity contribution in [3.05, 3.63) is 24.0 Å². The van der Waals surface area contributed by atoms with E-state index in [1.54, 1.807) is 0 Å². The van der Waals surface area contributed by atoms with Crippen molar-refractivity contribution < 1.29 is 19.7 Å². The van der Waals surface area contributed by atoms with E-state index in [1.807, 2.05) is 4.72 Å². The molecule has 0 amide bonds. The van der Waals surface area contributed by atoms with Crippen LogP contribution in [-0.4, -0.2) is 21.4 Å². The fourth-order valence-electron chi connectivity index (χ4n) is 0.699. The van der Waals surface area contributed by atoms with E-state index in [2.05, 4.69) is 0 Å². The summed E-state index contributed by atoms with van der Waals surface area (Å²) in [6.45, 7) is 0. The number of nitrogen functional groups attached to an aromatic ring is 1. The number of benzene rings is 1. The first-order valence-electron chi connectivity index (χ1n) is 3.54. The topological polar surface area (TPSA) is 98.7 Å². The van der Waals surface area contributed by atoms with Gasteiger partial charge in [0.1, 0.15) is 5.82 Å². The van der Waals surface area contributed by atoms with Gasteiger partial charge in [-0.15, -0.1) is 0 Å². The number of nitrogens with one attached hydrogen (secondary N) is 1. The van der Waals surface area contributed by atoms with Crippen molar-refractivity contribution in [2.24, 2.45) is 0 Å². The molecule has 0 unspecified atom stereocenters. The van der Waals surface area contributed by atoms with Gasteiger partial charge >= 0.3 is 6.10 Å². The van der Waals surface area contributed by atoms with Crippen molar-refractivity contribution in [3.63, 3.8) is 0 Å². The predicted molar refractivity (Wildman–Crippen MR) is 49.2 cm³/mol. The van der Waals surface area contributed by atoms with Crippen molar-refractivity contribution >= 4 is 17.6 Å². The van der Waals surface area contributed by atoms with Gasteiger partial charge < -0.3 is 21.1 Å². The summed E-state index contributed by atoms with van der Waals surface area (Å²) in [7, 11) is 0. The number of halogens is 1. The predicted octanol–water partition coefficient (Wildman–Crippen LogP) is -0.407. The molecule has 14 heavy (non-hydrogen) atoms. The first kappa shape index (κ1) is 11.2. The van der Waals surface area contributed by atoms with Crippen LogP contribution in [0.15, 0.2) is 23.1 Å². The molecule has 0 aromatic heterocycles. The van der Waals surface area contributed by atoms with Crippen LogP contribution in [0.2, 0.25) is 0 Å². The molecule has 0 heterocycles. The largest absolute Gasteiger partial charge is 0.396 e. The Labute approximate surface area is 83.5 Å². The number of nitrogens with two attached hydrogens (primary N) is 1. The zero-order valence-corrected chi connectivity index (χ0v) is 7.75. The normalized spacial score (nSPS) is 11.7. The summed E-state index contributed by atoms with van der Waals surface area (Å²) in [5.41, 5.74) is 5.22. The number of anilines is 1. The Kier molecular flexibility index (Phi) is 3.29. The van der Waals surface area contributed by atoms with E-state index < -0.39 is 11.9 Å². The van der Waals surface area contributed by atoms with Gasteiger partial charge in [-0.2, -0.15) is 4.72 Å². The highest BCUT2D eigenvalue weighted by molar-refractivity contribution is 7.97. The number of aliphatic hydroxyl groups is 3. The zero-order valence-electron chi connectivity index (χ0n) is 6.94. The maximum Gasteiger partial charge on any atom is 0.352 e. The maximum atomic E-state index is 12.8. The van der Waals surface area contributed by atoms with Gasteiger partial charge in [-0.1, -0.05) is 0 Å². The molecule has 0 bridgehead atoms. The van der Waals surface area contributed by atoms with Crippen LogP contribution in [-0.2, 0) is 0 Å². The lowest BCUT2D eigenvalue weighted by Crippen LogP contribution is -2.40. The summed E-state index contributed by atoms with van der Waals surface area (Å²) < 4.78 is 14.7. The van der Waals surface area contributed by atoms with Gasteiger partial charge in [0, 0.05) is 4.90 Å². The minimum absolute atomic E-state index is 0.00221. The molecule has 0 atom stereocenters. The molecular weight excluding hydrogens is 211 g/mol. The van der Waals surface area contributed by atoms with Crippen LogP contribution in [0.1, 0.15) is 0 Å². The Morgan fingerprint density at radius 2 is 2.00 bits per heavy atom. The molecule has 5 nitrogen and oxygen atoms in total. The molecule has 0 radical (unpaired) electrons. The third-order valence-electron chi connectivity index (χ3n) is 1.28. The van der Waals surface area contributed by atoms with Crippen LogP contribution < -0.4 is 10.5 Å². The summed E-state index contributed by atoms with van der Waals surface area (Å²) >= 11 is 0.655. The summed E-state index contributed by atoms with van der Waals surface area (Å²) in [6.07, 6.45) is -3.00. The van der Waals surface area contributed by atoms with Crippen molar-refractivity contribution in [2.75, 3.05) is 5.73 Å². The van der Waals surface area contributed by atoms with Crippen LogP contribution in [0.4, 0.5) is 10.1 Å². The number of rotatable bonds is 3. The average Bonchev–Trinajstić information content (AvgIpc) is 2.06. The lowest BCUT2D eigenvalue weighted by atomic mass is 10.3.